The fourth-order valence-electron chi connectivity index (χ4n) is 3.34. The highest BCUT2D eigenvalue weighted by Crippen LogP contribution is 2.24. The first kappa shape index (κ1) is 15.6. The lowest BCUT2D eigenvalue weighted by Gasteiger charge is -2.31. The number of para-hydroxylation sites is 1. The van der Waals surface area contributed by atoms with E-state index in [1.807, 2.05) is 24.3 Å². The van der Waals surface area contributed by atoms with E-state index in [0.29, 0.717) is 30.1 Å². The van der Waals surface area contributed by atoms with Crippen LogP contribution in [0.1, 0.15) is 33.9 Å². The Balaban J connectivity index is 1.52. The summed E-state index contributed by atoms with van der Waals surface area (Å²) in [6, 6.07) is 14.6. The summed E-state index contributed by atoms with van der Waals surface area (Å²) in [5.41, 5.74) is 1.16. The average molecular weight is 334 g/mol. The largest absolute Gasteiger partial charge is 0.451 e. The molecular weight excluding hydrogens is 316 g/mol. The molecular formula is C20H18N2O3. The van der Waals surface area contributed by atoms with Crippen LogP contribution in [0, 0.1) is 5.92 Å². The first-order valence-corrected chi connectivity index (χ1v) is 8.45. The van der Waals surface area contributed by atoms with E-state index in [2.05, 4.69) is 4.98 Å². The van der Waals surface area contributed by atoms with E-state index >= 15 is 0 Å². The number of hydrogen-bond donors (Lipinski definition) is 0. The van der Waals surface area contributed by atoms with E-state index in [4.69, 9.17) is 4.42 Å². The fourth-order valence-corrected chi connectivity index (χ4v) is 3.34. The van der Waals surface area contributed by atoms with E-state index in [0.717, 1.165) is 18.2 Å². The van der Waals surface area contributed by atoms with Gasteiger partial charge in [-0.25, -0.2) is 0 Å². The third kappa shape index (κ3) is 3.05. The van der Waals surface area contributed by atoms with Gasteiger partial charge >= 0.3 is 0 Å². The van der Waals surface area contributed by atoms with Crippen LogP contribution in [0.25, 0.3) is 11.0 Å². The van der Waals surface area contributed by atoms with Gasteiger partial charge in [0.15, 0.2) is 11.5 Å². The number of hydrogen-bond acceptors (Lipinski definition) is 4. The molecule has 0 unspecified atom stereocenters. The van der Waals surface area contributed by atoms with E-state index in [1.54, 1.807) is 35.4 Å². The molecule has 1 saturated heterocycles. The number of likely N-dealkylation sites (tertiary alicyclic amines) is 1. The monoisotopic (exact) mass is 334 g/mol. The first-order valence-electron chi connectivity index (χ1n) is 8.45. The highest BCUT2D eigenvalue weighted by molar-refractivity contribution is 5.98. The van der Waals surface area contributed by atoms with Crippen molar-refractivity contribution in [2.45, 2.75) is 12.8 Å². The molecule has 0 radical (unpaired) electrons. The van der Waals surface area contributed by atoms with Crippen molar-refractivity contribution in [3.8, 4) is 0 Å². The Kier molecular flexibility index (Phi) is 4.06. The zero-order valence-electron chi connectivity index (χ0n) is 13.7. The van der Waals surface area contributed by atoms with Gasteiger partial charge in [0.05, 0.1) is 0 Å². The number of benzene rings is 1. The second-order valence-corrected chi connectivity index (χ2v) is 6.32. The van der Waals surface area contributed by atoms with Gasteiger partial charge in [0, 0.05) is 30.6 Å². The lowest BCUT2D eigenvalue weighted by Crippen LogP contribution is -2.42. The van der Waals surface area contributed by atoms with Gasteiger partial charge in [-0.2, -0.15) is 0 Å². The third-order valence-corrected chi connectivity index (χ3v) is 4.63. The lowest BCUT2D eigenvalue weighted by atomic mass is 9.92. The first-order chi connectivity index (χ1) is 12.2. The molecule has 1 aliphatic rings. The molecule has 126 valence electrons. The van der Waals surface area contributed by atoms with Crippen molar-refractivity contribution in [3.05, 3.63) is 66.2 Å². The summed E-state index contributed by atoms with van der Waals surface area (Å²) in [4.78, 5) is 31.3. The van der Waals surface area contributed by atoms with Crippen molar-refractivity contribution in [3.63, 3.8) is 0 Å². The van der Waals surface area contributed by atoms with E-state index < -0.39 is 0 Å². The minimum atomic E-state index is -0.211. The van der Waals surface area contributed by atoms with Crippen LogP contribution in [0.2, 0.25) is 0 Å². The number of carbonyl (C=O) groups is 2. The molecule has 0 spiro atoms. The van der Waals surface area contributed by atoms with Gasteiger partial charge in [-0.1, -0.05) is 24.3 Å². The predicted octanol–water partition coefficient (Wildman–Crippen LogP) is 3.56. The van der Waals surface area contributed by atoms with Gasteiger partial charge in [-0.05, 0) is 37.1 Å². The maximum absolute atomic E-state index is 12.8. The van der Waals surface area contributed by atoms with Crippen molar-refractivity contribution in [2.75, 3.05) is 13.1 Å². The zero-order chi connectivity index (χ0) is 17.2. The van der Waals surface area contributed by atoms with Crippen LogP contribution >= 0.6 is 0 Å². The SMILES string of the molecule is O=C(c1ccccn1)[C@H]1CCCN(C(=O)c2cc3ccccc3o2)C1. The lowest BCUT2D eigenvalue weighted by molar-refractivity contribution is 0.0611. The smallest absolute Gasteiger partial charge is 0.289 e. The Bertz CT molecular complexity index is 884. The topological polar surface area (TPSA) is 63.4 Å². The standard InChI is InChI=1S/C20H18N2O3/c23-19(16-8-3-4-10-21-16)15-7-5-11-22(13-15)20(24)18-12-14-6-1-2-9-17(14)25-18/h1-4,6,8-10,12,15H,5,7,11,13H2/t15-/m0/s1. The summed E-state index contributed by atoms with van der Waals surface area (Å²) in [6.45, 7) is 1.05. The van der Waals surface area contributed by atoms with Crippen LogP contribution in [0.15, 0.2) is 59.1 Å². The summed E-state index contributed by atoms with van der Waals surface area (Å²) in [5, 5.41) is 0.906. The molecule has 2 aromatic heterocycles. The Hall–Kier alpha value is -2.95. The summed E-state index contributed by atoms with van der Waals surface area (Å²) < 4.78 is 5.67. The van der Waals surface area contributed by atoms with Crippen LogP contribution in [0.3, 0.4) is 0 Å². The van der Waals surface area contributed by atoms with Gasteiger partial charge in [-0.3, -0.25) is 14.6 Å². The molecule has 25 heavy (non-hydrogen) atoms. The Labute approximate surface area is 145 Å². The second kappa shape index (κ2) is 6.51. The molecule has 0 N–H and O–H groups in total. The number of rotatable bonds is 3. The molecule has 1 atom stereocenters. The Morgan fingerprint density at radius 2 is 1.96 bits per heavy atom. The van der Waals surface area contributed by atoms with Gasteiger partial charge < -0.3 is 9.32 Å². The number of carbonyl (C=O) groups excluding carboxylic acids is 2. The van der Waals surface area contributed by atoms with Crippen molar-refractivity contribution in [1.29, 1.82) is 0 Å². The Morgan fingerprint density at radius 1 is 1.12 bits per heavy atom. The highest BCUT2D eigenvalue weighted by atomic mass is 16.3. The number of pyridine rings is 1. The van der Waals surface area contributed by atoms with Gasteiger partial charge in [0.2, 0.25) is 0 Å². The van der Waals surface area contributed by atoms with Crippen LogP contribution in [-0.4, -0.2) is 34.7 Å². The number of piperidine rings is 1. The fraction of sp³-hybridized carbons (Fsp3) is 0.250. The number of Topliss-reactive ketones (excluding diaryl/α,β-unsaturated/α-hetero) is 1. The summed E-state index contributed by atoms with van der Waals surface area (Å²) in [5.74, 6) is -0.0402. The molecule has 1 aromatic carbocycles. The van der Waals surface area contributed by atoms with Crippen LogP contribution in [0.4, 0.5) is 0 Å². The van der Waals surface area contributed by atoms with Crippen molar-refractivity contribution < 1.29 is 14.0 Å². The third-order valence-electron chi connectivity index (χ3n) is 4.63. The minimum Gasteiger partial charge on any atom is -0.451 e. The van der Waals surface area contributed by atoms with Crippen LogP contribution in [0.5, 0.6) is 0 Å². The number of nitrogens with zero attached hydrogens (tertiary/aromatic N) is 2. The summed E-state index contributed by atoms with van der Waals surface area (Å²) in [6.07, 6.45) is 3.20. The van der Waals surface area contributed by atoms with E-state index in [9.17, 15) is 9.59 Å². The molecule has 0 saturated carbocycles. The van der Waals surface area contributed by atoms with Crippen molar-refractivity contribution >= 4 is 22.7 Å². The van der Waals surface area contributed by atoms with Gasteiger partial charge in [0.1, 0.15) is 11.3 Å². The molecule has 4 rings (SSSR count). The number of amides is 1. The number of furan rings is 1. The van der Waals surface area contributed by atoms with Gasteiger partial charge in [0.25, 0.3) is 5.91 Å². The quantitative estimate of drug-likeness (QED) is 0.687. The minimum absolute atomic E-state index is 0.00251. The molecule has 3 heterocycles. The highest BCUT2D eigenvalue weighted by Gasteiger charge is 2.31. The molecule has 3 aromatic rings. The number of ketones is 1. The van der Waals surface area contributed by atoms with E-state index in [-0.39, 0.29) is 17.6 Å². The zero-order valence-corrected chi connectivity index (χ0v) is 13.7. The van der Waals surface area contributed by atoms with E-state index in [1.165, 1.54) is 0 Å². The second-order valence-electron chi connectivity index (χ2n) is 6.32. The molecule has 1 aliphatic heterocycles. The molecule has 1 amide bonds. The van der Waals surface area contributed by atoms with Crippen molar-refractivity contribution in [2.24, 2.45) is 5.92 Å². The van der Waals surface area contributed by atoms with Crippen LogP contribution < -0.4 is 0 Å². The average Bonchev–Trinajstić information content (AvgIpc) is 3.12. The maximum atomic E-state index is 12.8. The normalized spacial score (nSPS) is 17.6. The number of fused-ring (bicyclic) bond motifs is 1. The van der Waals surface area contributed by atoms with Gasteiger partial charge in [-0.15, -0.1) is 0 Å². The molecule has 5 nitrogen and oxygen atoms in total. The van der Waals surface area contributed by atoms with Crippen LogP contribution in [-0.2, 0) is 0 Å². The predicted molar refractivity (Wildman–Crippen MR) is 93.4 cm³/mol. The summed E-state index contributed by atoms with van der Waals surface area (Å²) in [7, 11) is 0. The maximum Gasteiger partial charge on any atom is 0.289 e. The Morgan fingerprint density at radius 3 is 2.76 bits per heavy atom. The molecule has 1 fully saturated rings. The molecule has 0 bridgehead atoms. The van der Waals surface area contributed by atoms with Crippen molar-refractivity contribution in [1.82, 2.24) is 9.88 Å². The number of aromatic nitrogens is 1. The molecule has 0 aliphatic carbocycles. The molecule has 5 heteroatoms. The summed E-state index contributed by atoms with van der Waals surface area (Å²) >= 11 is 0.